The fraction of sp³-hybridized carbons (Fsp3) is 0.474. The fourth-order valence-electron chi connectivity index (χ4n) is 3.03. The molecule has 1 aromatic heterocycles. The Morgan fingerprint density at radius 2 is 2.07 bits per heavy atom. The van der Waals surface area contributed by atoms with Crippen molar-refractivity contribution in [2.24, 2.45) is 4.99 Å². The van der Waals surface area contributed by atoms with Gasteiger partial charge in [-0.05, 0) is 31.4 Å². The Hall–Kier alpha value is -1.000. The molecular weight excluding hydrogens is 489 g/mol. The highest BCUT2D eigenvalue weighted by Gasteiger charge is 2.19. The van der Waals surface area contributed by atoms with Crippen LogP contribution in [-0.2, 0) is 0 Å². The average molecular weight is 518 g/mol. The number of para-hydroxylation sites is 1. The maximum Gasteiger partial charge on any atom is 0.191 e. The summed E-state index contributed by atoms with van der Waals surface area (Å²) in [6.07, 6.45) is 5.22. The van der Waals surface area contributed by atoms with Crippen LogP contribution in [0.3, 0.4) is 0 Å². The van der Waals surface area contributed by atoms with Gasteiger partial charge in [-0.3, -0.25) is 4.99 Å². The van der Waals surface area contributed by atoms with E-state index in [-0.39, 0.29) is 24.0 Å². The smallest absolute Gasteiger partial charge is 0.191 e. The van der Waals surface area contributed by atoms with Gasteiger partial charge in [0.2, 0.25) is 0 Å². The molecule has 0 spiro atoms. The Kier molecular flexibility index (Phi) is 10.3. The number of aliphatic imine (C=N–C) groups is 1. The maximum atomic E-state index is 4.37. The molecule has 1 aliphatic heterocycles. The van der Waals surface area contributed by atoms with Crippen LogP contribution >= 0.6 is 47.1 Å². The molecule has 0 amide bonds. The summed E-state index contributed by atoms with van der Waals surface area (Å²) < 4.78 is 1.15. The lowest BCUT2D eigenvalue weighted by Gasteiger charge is -2.34. The van der Waals surface area contributed by atoms with Crippen LogP contribution in [0.25, 0.3) is 0 Å². The summed E-state index contributed by atoms with van der Waals surface area (Å²) in [6.45, 7) is 3.10. The van der Waals surface area contributed by atoms with Gasteiger partial charge in [0.05, 0.1) is 0 Å². The molecule has 2 aromatic rings. The van der Waals surface area contributed by atoms with Crippen molar-refractivity contribution >= 4 is 58.7 Å². The van der Waals surface area contributed by atoms with E-state index in [9.17, 15) is 0 Å². The Morgan fingerprint density at radius 3 is 2.74 bits per heavy atom. The van der Waals surface area contributed by atoms with Gasteiger partial charge in [-0.2, -0.15) is 0 Å². The summed E-state index contributed by atoms with van der Waals surface area (Å²) in [7, 11) is 1.85. The van der Waals surface area contributed by atoms with Crippen LogP contribution in [0, 0.1) is 0 Å². The van der Waals surface area contributed by atoms with E-state index in [1.807, 2.05) is 30.4 Å². The summed E-state index contributed by atoms with van der Waals surface area (Å²) in [5.74, 6) is 2.00. The van der Waals surface area contributed by atoms with Crippen molar-refractivity contribution in [1.29, 1.82) is 0 Å². The van der Waals surface area contributed by atoms with Crippen LogP contribution in [0.2, 0.25) is 0 Å². The molecule has 1 saturated heterocycles. The molecule has 1 fully saturated rings. The molecule has 0 bridgehead atoms. The van der Waals surface area contributed by atoms with Crippen LogP contribution in [0.4, 0.5) is 5.69 Å². The minimum atomic E-state index is 0. The van der Waals surface area contributed by atoms with E-state index >= 15 is 0 Å². The van der Waals surface area contributed by atoms with E-state index in [1.165, 1.54) is 5.69 Å². The molecule has 148 valence electrons. The highest BCUT2D eigenvalue weighted by atomic mass is 127. The third-order valence-corrected chi connectivity index (χ3v) is 6.48. The van der Waals surface area contributed by atoms with E-state index in [0.717, 1.165) is 54.9 Å². The van der Waals surface area contributed by atoms with Crippen molar-refractivity contribution in [3.63, 3.8) is 0 Å². The summed E-state index contributed by atoms with van der Waals surface area (Å²) in [4.78, 5) is 11.1. The lowest BCUT2D eigenvalue weighted by molar-refractivity contribution is 0.461. The van der Waals surface area contributed by atoms with Gasteiger partial charge in [0.1, 0.15) is 4.34 Å². The van der Waals surface area contributed by atoms with E-state index in [0.29, 0.717) is 6.04 Å². The zero-order valence-electron chi connectivity index (χ0n) is 15.6. The largest absolute Gasteiger partial charge is 0.371 e. The van der Waals surface area contributed by atoms with Crippen LogP contribution < -0.4 is 15.5 Å². The minimum Gasteiger partial charge on any atom is -0.371 e. The number of rotatable bonds is 7. The minimum absolute atomic E-state index is 0. The molecule has 2 N–H and O–H groups in total. The van der Waals surface area contributed by atoms with Gasteiger partial charge in [0.15, 0.2) is 5.96 Å². The van der Waals surface area contributed by atoms with E-state index < -0.39 is 0 Å². The quantitative estimate of drug-likeness (QED) is 0.191. The number of hydrogen-bond acceptors (Lipinski definition) is 5. The molecule has 0 saturated carbocycles. The molecule has 1 aliphatic rings. The number of halogens is 1. The molecule has 5 nitrogen and oxygen atoms in total. The number of nitrogens with zero attached hydrogens (tertiary/aromatic N) is 3. The number of hydrogen-bond donors (Lipinski definition) is 2. The molecular formula is C19H28IN5S2. The first-order valence-corrected chi connectivity index (χ1v) is 11.0. The Balaban J connectivity index is 0.00000261. The maximum absolute atomic E-state index is 4.37. The second kappa shape index (κ2) is 12.5. The molecule has 8 heteroatoms. The molecule has 0 radical (unpaired) electrons. The Bertz CT molecular complexity index is 658. The lowest BCUT2D eigenvalue weighted by atomic mass is 10.0. The van der Waals surface area contributed by atoms with Gasteiger partial charge in [-0.15, -0.1) is 35.3 Å². The molecule has 2 heterocycles. The lowest BCUT2D eigenvalue weighted by Crippen LogP contribution is -2.48. The van der Waals surface area contributed by atoms with E-state index in [2.05, 4.69) is 55.8 Å². The van der Waals surface area contributed by atoms with Crippen molar-refractivity contribution in [2.45, 2.75) is 29.6 Å². The third-order valence-electron chi connectivity index (χ3n) is 4.43. The van der Waals surface area contributed by atoms with Crippen molar-refractivity contribution < 1.29 is 0 Å². The molecule has 0 aliphatic carbocycles. The number of guanidine groups is 1. The number of anilines is 1. The average Bonchev–Trinajstić information content (AvgIpc) is 3.21. The fourth-order valence-corrected chi connectivity index (χ4v) is 4.68. The highest BCUT2D eigenvalue weighted by Crippen LogP contribution is 2.21. The summed E-state index contributed by atoms with van der Waals surface area (Å²) in [5.41, 5.74) is 1.33. The zero-order chi connectivity index (χ0) is 18.0. The molecule has 1 aromatic carbocycles. The number of thiazole rings is 1. The van der Waals surface area contributed by atoms with Crippen LogP contribution in [0.5, 0.6) is 0 Å². The number of thioether (sulfide) groups is 1. The highest BCUT2D eigenvalue weighted by molar-refractivity contribution is 14.0. The summed E-state index contributed by atoms with van der Waals surface area (Å²) in [6, 6.07) is 11.2. The van der Waals surface area contributed by atoms with Crippen molar-refractivity contribution in [3.05, 3.63) is 41.9 Å². The van der Waals surface area contributed by atoms with Crippen LogP contribution in [0.15, 0.2) is 51.2 Å². The van der Waals surface area contributed by atoms with Gasteiger partial charge in [-0.1, -0.05) is 30.0 Å². The topological polar surface area (TPSA) is 52.6 Å². The van der Waals surface area contributed by atoms with Gasteiger partial charge in [0.25, 0.3) is 0 Å². The van der Waals surface area contributed by atoms with E-state index in [4.69, 9.17) is 0 Å². The first-order chi connectivity index (χ1) is 12.8. The molecule has 27 heavy (non-hydrogen) atoms. The Labute approximate surface area is 187 Å². The third kappa shape index (κ3) is 7.50. The molecule has 0 unspecified atom stereocenters. The second-order valence-corrected chi connectivity index (χ2v) is 8.48. The van der Waals surface area contributed by atoms with E-state index in [1.54, 1.807) is 11.3 Å². The SMILES string of the molecule is CN=C(NCCCSc1nccs1)NC1CCN(c2ccccc2)CC1.I. The first kappa shape index (κ1) is 22.3. The first-order valence-electron chi connectivity index (χ1n) is 9.14. The summed E-state index contributed by atoms with van der Waals surface area (Å²) >= 11 is 3.53. The van der Waals surface area contributed by atoms with Crippen LogP contribution in [-0.4, -0.2) is 49.4 Å². The van der Waals surface area contributed by atoms with Gasteiger partial charge in [-0.25, -0.2) is 4.98 Å². The van der Waals surface area contributed by atoms with Crippen molar-refractivity contribution in [2.75, 3.05) is 37.3 Å². The van der Waals surface area contributed by atoms with Crippen molar-refractivity contribution in [3.8, 4) is 0 Å². The predicted octanol–water partition coefficient (Wildman–Crippen LogP) is 4.08. The van der Waals surface area contributed by atoms with Crippen molar-refractivity contribution in [1.82, 2.24) is 15.6 Å². The number of aromatic nitrogens is 1. The zero-order valence-corrected chi connectivity index (χ0v) is 19.6. The molecule has 3 rings (SSSR count). The number of benzene rings is 1. The van der Waals surface area contributed by atoms with Gasteiger partial charge < -0.3 is 15.5 Å². The second-order valence-electron chi connectivity index (χ2n) is 6.24. The number of piperidine rings is 1. The molecule has 0 atom stereocenters. The summed E-state index contributed by atoms with van der Waals surface area (Å²) in [5, 5.41) is 9.04. The van der Waals surface area contributed by atoms with Gasteiger partial charge >= 0.3 is 0 Å². The Morgan fingerprint density at radius 1 is 1.30 bits per heavy atom. The standard InChI is InChI=1S/C19H27N5S2.HI/c1-20-18(21-10-5-14-25-19-22-11-15-26-19)23-16-8-12-24(13-9-16)17-6-3-2-4-7-17;/h2-4,6-7,11,15-16H,5,8-10,12-14H2,1H3,(H2,20,21,23);1H. The predicted molar refractivity (Wildman–Crippen MR) is 129 cm³/mol. The van der Waals surface area contributed by atoms with Gasteiger partial charge in [0, 0.05) is 55.7 Å². The monoisotopic (exact) mass is 517 g/mol. The number of nitrogens with one attached hydrogen (secondary N) is 2. The van der Waals surface area contributed by atoms with Crippen LogP contribution in [0.1, 0.15) is 19.3 Å². The normalized spacial score (nSPS) is 15.3.